The molecular weight excluding hydrogens is 370 g/mol. The minimum Gasteiger partial charge on any atom is -0.464 e. The van der Waals surface area contributed by atoms with E-state index < -0.39 is 24.1 Å². The van der Waals surface area contributed by atoms with Gasteiger partial charge in [0.15, 0.2) is 6.10 Å². The van der Waals surface area contributed by atoms with Crippen LogP contribution < -0.4 is 5.32 Å². The quantitative estimate of drug-likeness (QED) is 0.585. The van der Waals surface area contributed by atoms with Crippen molar-refractivity contribution in [1.29, 1.82) is 0 Å². The van der Waals surface area contributed by atoms with Gasteiger partial charge in [-0.05, 0) is 30.7 Å². The summed E-state index contributed by atoms with van der Waals surface area (Å²) in [6.07, 6.45) is 0.298. The van der Waals surface area contributed by atoms with Gasteiger partial charge in [0, 0.05) is 13.1 Å². The lowest BCUT2D eigenvalue weighted by Gasteiger charge is -2.38. The summed E-state index contributed by atoms with van der Waals surface area (Å²) in [7, 11) is 0. The van der Waals surface area contributed by atoms with Crippen molar-refractivity contribution in [3.05, 3.63) is 35.9 Å². The van der Waals surface area contributed by atoms with Crippen LogP contribution in [0.4, 0.5) is 4.79 Å². The zero-order valence-corrected chi connectivity index (χ0v) is 18.0. The van der Waals surface area contributed by atoms with Crippen LogP contribution in [0.2, 0.25) is 0 Å². The van der Waals surface area contributed by atoms with Crippen molar-refractivity contribution in [2.75, 3.05) is 13.1 Å². The van der Waals surface area contributed by atoms with Crippen LogP contribution in [-0.2, 0) is 4.79 Å². The number of carboxylic acid groups (broad SMARTS) is 1. The number of hydrogen-bond donors (Lipinski definition) is 3. The smallest absolute Gasteiger partial charge is 0.422 e. The van der Waals surface area contributed by atoms with Gasteiger partial charge in [0.2, 0.25) is 0 Å². The van der Waals surface area contributed by atoms with Crippen LogP contribution in [0.25, 0.3) is 0 Å². The second-order valence-corrected chi connectivity index (χ2v) is 8.72. The fraction of sp³-hybridized carbons (Fsp3) is 0.636. The van der Waals surface area contributed by atoms with Crippen LogP contribution in [0, 0.1) is 5.41 Å². The third-order valence-electron chi connectivity index (χ3n) is 5.62. The molecule has 1 aromatic rings. The van der Waals surface area contributed by atoms with Gasteiger partial charge in [0.1, 0.15) is 0 Å². The predicted octanol–water partition coefficient (Wildman–Crippen LogP) is 3.41. The first-order valence-electron chi connectivity index (χ1n) is 10.5. The Kier molecular flexibility index (Phi) is 8.05. The molecule has 0 radical (unpaired) electrons. The SMILES string of the molecule is CCCCC([C@H](O)C(=O)N[C@H](C)c1ccccc1)N(C(=O)O)N1CCC(C)(C)C1. The topological polar surface area (TPSA) is 93.1 Å². The van der Waals surface area contributed by atoms with E-state index in [1.807, 2.05) is 44.2 Å². The molecule has 7 nitrogen and oxygen atoms in total. The van der Waals surface area contributed by atoms with Crippen molar-refractivity contribution < 1.29 is 19.8 Å². The molecule has 0 spiro atoms. The van der Waals surface area contributed by atoms with Crippen LogP contribution in [0.1, 0.15) is 65.0 Å². The first kappa shape index (κ1) is 23.2. The van der Waals surface area contributed by atoms with Gasteiger partial charge in [-0.3, -0.25) is 4.79 Å². The Bertz CT molecular complexity index is 680. The van der Waals surface area contributed by atoms with Crippen molar-refractivity contribution in [3.63, 3.8) is 0 Å². The van der Waals surface area contributed by atoms with Gasteiger partial charge in [0.05, 0.1) is 12.1 Å². The van der Waals surface area contributed by atoms with E-state index in [4.69, 9.17) is 0 Å². The highest BCUT2D eigenvalue weighted by molar-refractivity contribution is 5.82. The number of amides is 2. The van der Waals surface area contributed by atoms with Gasteiger partial charge in [0.25, 0.3) is 5.91 Å². The minimum absolute atomic E-state index is 0.00194. The number of hydrazine groups is 1. The molecule has 3 atom stereocenters. The second-order valence-electron chi connectivity index (χ2n) is 8.72. The number of nitrogens with zero attached hydrogens (tertiary/aromatic N) is 2. The van der Waals surface area contributed by atoms with Crippen molar-refractivity contribution in [3.8, 4) is 0 Å². The predicted molar refractivity (Wildman–Crippen MR) is 112 cm³/mol. The summed E-state index contributed by atoms with van der Waals surface area (Å²) in [4.78, 5) is 24.9. The number of hydrogen-bond acceptors (Lipinski definition) is 4. The van der Waals surface area contributed by atoms with Crippen LogP contribution in [0.5, 0.6) is 0 Å². The number of benzene rings is 1. The average molecular weight is 406 g/mol. The molecule has 7 heteroatoms. The van der Waals surface area contributed by atoms with Gasteiger partial charge in [-0.2, -0.15) is 0 Å². The largest absolute Gasteiger partial charge is 0.464 e. The first-order valence-corrected chi connectivity index (χ1v) is 10.5. The molecule has 3 N–H and O–H groups in total. The molecule has 0 aromatic heterocycles. The average Bonchev–Trinajstić information content (AvgIpc) is 3.03. The monoisotopic (exact) mass is 405 g/mol. The van der Waals surface area contributed by atoms with Crippen LogP contribution in [-0.4, -0.2) is 57.5 Å². The second kappa shape index (κ2) is 10.1. The fourth-order valence-corrected chi connectivity index (χ4v) is 3.87. The summed E-state index contributed by atoms with van der Waals surface area (Å²) in [6, 6.07) is 8.39. The zero-order chi connectivity index (χ0) is 21.6. The number of carbonyl (C=O) groups excluding carboxylic acids is 1. The summed E-state index contributed by atoms with van der Waals surface area (Å²) < 4.78 is 0. The lowest BCUT2D eigenvalue weighted by Crippen LogP contribution is -2.58. The molecule has 1 unspecified atom stereocenters. The Morgan fingerprint density at radius 3 is 2.45 bits per heavy atom. The maximum Gasteiger partial charge on any atom is 0.422 e. The highest BCUT2D eigenvalue weighted by Crippen LogP contribution is 2.31. The number of aliphatic hydroxyl groups excluding tert-OH is 1. The van der Waals surface area contributed by atoms with Crippen LogP contribution in [0.3, 0.4) is 0 Å². The van der Waals surface area contributed by atoms with Crippen molar-refractivity contribution in [1.82, 2.24) is 15.3 Å². The molecule has 29 heavy (non-hydrogen) atoms. The number of unbranched alkanes of at least 4 members (excludes halogenated alkanes) is 1. The van der Waals surface area contributed by atoms with Crippen molar-refractivity contribution in [2.24, 2.45) is 5.41 Å². The summed E-state index contributed by atoms with van der Waals surface area (Å²) in [6.45, 7) is 9.22. The lowest BCUT2D eigenvalue weighted by molar-refractivity contribution is -0.139. The third kappa shape index (κ3) is 6.18. The van der Waals surface area contributed by atoms with E-state index in [1.165, 1.54) is 5.01 Å². The molecule has 0 bridgehead atoms. The summed E-state index contributed by atoms with van der Waals surface area (Å²) in [5.74, 6) is -0.549. The first-order chi connectivity index (χ1) is 13.7. The third-order valence-corrected chi connectivity index (χ3v) is 5.62. The molecule has 1 aromatic carbocycles. The normalized spacial score (nSPS) is 19.3. The van der Waals surface area contributed by atoms with E-state index in [0.717, 1.165) is 24.8 Å². The number of nitrogens with one attached hydrogen (secondary N) is 1. The number of aliphatic hydroxyl groups is 1. The van der Waals surface area contributed by atoms with Gasteiger partial charge >= 0.3 is 6.09 Å². The number of carbonyl (C=O) groups is 2. The standard InChI is InChI=1S/C22H35N3O4/c1-5-6-12-18(25(21(28)29)24-14-13-22(3,4)15-24)19(26)20(27)23-16(2)17-10-8-7-9-11-17/h7-11,16,18-19,26H,5-6,12-15H2,1-4H3,(H,23,27)(H,28,29)/t16-,18?,19+/m1/s1. The molecule has 2 rings (SSSR count). The highest BCUT2D eigenvalue weighted by Gasteiger charge is 2.41. The molecule has 1 heterocycles. The van der Waals surface area contributed by atoms with E-state index >= 15 is 0 Å². The van der Waals surface area contributed by atoms with Gasteiger partial charge < -0.3 is 15.5 Å². The van der Waals surface area contributed by atoms with E-state index in [9.17, 15) is 19.8 Å². The summed E-state index contributed by atoms with van der Waals surface area (Å²) >= 11 is 0. The van der Waals surface area contributed by atoms with Crippen molar-refractivity contribution >= 4 is 12.0 Å². The molecule has 162 valence electrons. The summed E-state index contributed by atoms with van der Waals surface area (Å²) in [5, 5.41) is 26.6. The van der Waals surface area contributed by atoms with Crippen molar-refractivity contribution in [2.45, 2.75) is 71.6 Å². The highest BCUT2D eigenvalue weighted by atomic mass is 16.4. The maximum absolute atomic E-state index is 12.8. The minimum atomic E-state index is -1.44. The van der Waals surface area contributed by atoms with E-state index in [1.54, 1.807) is 5.01 Å². The molecule has 1 aliphatic heterocycles. The van der Waals surface area contributed by atoms with E-state index in [2.05, 4.69) is 19.2 Å². The molecular formula is C22H35N3O4. The Hall–Kier alpha value is -2.12. The maximum atomic E-state index is 12.8. The zero-order valence-electron chi connectivity index (χ0n) is 18.0. The number of rotatable bonds is 9. The fourth-order valence-electron chi connectivity index (χ4n) is 3.87. The van der Waals surface area contributed by atoms with E-state index in [-0.39, 0.29) is 11.5 Å². The molecule has 0 saturated carbocycles. The van der Waals surface area contributed by atoms with Gasteiger partial charge in [-0.1, -0.05) is 63.9 Å². The Morgan fingerprint density at radius 2 is 1.93 bits per heavy atom. The molecule has 1 saturated heterocycles. The Balaban J connectivity index is 2.17. The van der Waals surface area contributed by atoms with E-state index in [0.29, 0.717) is 19.5 Å². The van der Waals surface area contributed by atoms with Gasteiger partial charge in [-0.15, -0.1) is 0 Å². The van der Waals surface area contributed by atoms with Gasteiger partial charge in [-0.25, -0.2) is 14.8 Å². The summed E-state index contributed by atoms with van der Waals surface area (Å²) in [5.41, 5.74) is 0.924. The molecule has 0 aliphatic carbocycles. The lowest BCUT2D eigenvalue weighted by atomic mass is 9.93. The molecule has 1 fully saturated rings. The molecule has 2 amide bonds. The van der Waals surface area contributed by atoms with Crippen LogP contribution >= 0.6 is 0 Å². The Morgan fingerprint density at radius 1 is 1.28 bits per heavy atom. The van der Waals surface area contributed by atoms with Crippen LogP contribution in [0.15, 0.2) is 30.3 Å². The molecule has 1 aliphatic rings. The Labute approximate surface area is 173 Å².